The van der Waals surface area contributed by atoms with Crippen molar-refractivity contribution in [1.29, 1.82) is 0 Å². The van der Waals surface area contributed by atoms with Crippen LogP contribution in [0.1, 0.15) is 63.4 Å². The van der Waals surface area contributed by atoms with Gasteiger partial charge >= 0.3 is 0 Å². The molecule has 2 aliphatic heterocycles. The zero-order valence-electron chi connectivity index (χ0n) is 25.8. The van der Waals surface area contributed by atoms with Gasteiger partial charge in [-0.05, 0) is 94.3 Å². The largest absolute Gasteiger partial charge is 0.504 e. The van der Waals surface area contributed by atoms with Crippen molar-refractivity contribution in [3.8, 4) is 17.2 Å². The fourth-order valence-electron chi connectivity index (χ4n) is 6.34. The lowest BCUT2D eigenvalue weighted by Crippen LogP contribution is -2.69. The minimum atomic E-state index is -1.64. The van der Waals surface area contributed by atoms with Crippen LogP contribution in [0.25, 0.3) is 0 Å². The predicted molar refractivity (Wildman–Crippen MR) is 169 cm³/mol. The SMILES string of the molecule is NCCCNCCCCNCCCNCc1ccc(C(=O)N[C@H]2[C@H](O)[C@@H](O)[C@@H](O)[C@@H]3NC(=O)c4c(cc5c(c4O)OCO5)[C@@H]23)cc1. The second-order valence-electron chi connectivity index (χ2n) is 12.0. The molecule has 0 unspecified atom stereocenters. The molecule has 1 fully saturated rings. The molecule has 252 valence electrons. The Hall–Kier alpha value is -3.50. The molecule has 5 rings (SSSR count). The minimum absolute atomic E-state index is 0.0184. The summed E-state index contributed by atoms with van der Waals surface area (Å²) in [6.45, 7) is 5.99. The summed E-state index contributed by atoms with van der Waals surface area (Å²) in [6.07, 6.45) is -0.473. The van der Waals surface area contributed by atoms with Gasteiger partial charge in [-0.15, -0.1) is 0 Å². The van der Waals surface area contributed by atoms with Gasteiger partial charge in [-0.2, -0.15) is 0 Å². The summed E-state index contributed by atoms with van der Waals surface area (Å²) in [5, 5.41) is 58.9. The van der Waals surface area contributed by atoms with Crippen LogP contribution in [0, 0.1) is 0 Å². The van der Waals surface area contributed by atoms with Gasteiger partial charge in [-0.1, -0.05) is 12.1 Å². The summed E-state index contributed by atoms with van der Waals surface area (Å²) in [5.41, 5.74) is 6.97. The molecule has 2 amide bonds. The minimum Gasteiger partial charge on any atom is -0.504 e. The molecule has 14 heteroatoms. The molecular weight excluding hydrogens is 596 g/mol. The number of carbonyl (C=O) groups excluding carboxylic acids is 2. The molecule has 0 radical (unpaired) electrons. The Bertz CT molecular complexity index is 1340. The Morgan fingerprint density at radius 1 is 0.891 bits per heavy atom. The predicted octanol–water partition coefficient (Wildman–Crippen LogP) is -1.00. The molecule has 0 saturated heterocycles. The van der Waals surface area contributed by atoms with Gasteiger partial charge in [0.05, 0.1) is 17.6 Å². The van der Waals surface area contributed by atoms with Crippen molar-refractivity contribution >= 4 is 11.8 Å². The summed E-state index contributed by atoms with van der Waals surface area (Å²) < 4.78 is 10.7. The van der Waals surface area contributed by atoms with Crippen molar-refractivity contribution in [1.82, 2.24) is 26.6 Å². The van der Waals surface area contributed by atoms with Crippen LogP contribution < -0.4 is 41.8 Å². The average Bonchev–Trinajstić information content (AvgIpc) is 3.54. The van der Waals surface area contributed by atoms with Crippen LogP contribution in [0.4, 0.5) is 0 Å². The van der Waals surface area contributed by atoms with Gasteiger partial charge in [0, 0.05) is 18.0 Å². The highest BCUT2D eigenvalue weighted by atomic mass is 16.7. The van der Waals surface area contributed by atoms with Crippen molar-refractivity contribution < 1.29 is 39.5 Å². The highest BCUT2D eigenvalue weighted by Gasteiger charge is 2.54. The number of amides is 2. The number of benzene rings is 2. The van der Waals surface area contributed by atoms with E-state index in [4.69, 9.17) is 15.2 Å². The standard InChI is InChI=1S/C32H46N6O8/c33-9-3-12-34-10-1-2-11-35-13-4-14-36-16-18-5-7-19(8-6-18)31(43)37-24-22-20-15-21-30(46-17-45-21)26(39)23(20)32(44)38-25(22)28(41)29(42)27(24)40/h5-8,15,22,24-25,27-29,34-36,39-42H,1-4,9-14,16-17,33H2,(H,37,43)(H,38,44)/t22-,24+,25+,27-,28-,29+/m0/s1. The first kappa shape index (κ1) is 33.9. The van der Waals surface area contributed by atoms with Crippen LogP contribution in [0.3, 0.4) is 0 Å². The van der Waals surface area contributed by atoms with E-state index in [1.54, 1.807) is 12.1 Å². The molecule has 46 heavy (non-hydrogen) atoms. The van der Waals surface area contributed by atoms with Crippen LogP contribution in [0.15, 0.2) is 30.3 Å². The number of nitrogens with two attached hydrogens (primary N) is 1. The summed E-state index contributed by atoms with van der Waals surface area (Å²) in [5.74, 6) is -2.30. The summed E-state index contributed by atoms with van der Waals surface area (Å²) in [7, 11) is 0. The van der Waals surface area contributed by atoms with E-state index in [2.05, 4.69) is 26.6 Å². The second kappa shape index (κ2) is 15.9. The third-order valence-electron chi connectivity index (χ3n) is 8.83. The fourth-order valence-corrected chi connectivity index (χ4v) is 6.34. The van der Waals surface area contributed by atoms with Crippen LogP contribution in [-0.2, 0) is 6.54 Å². The Kier molecular flexibility index (Phi) is 11.7. The molecule has 2 heterocycles. The van der Waals surface area contributed by atoms with Gasteiger partial charge in [0.1, 0.15) is 18.3 Å². The number of hydrogen-bond donors (Lipinski definition) is 10. The number of ether oxygens (including phenoxy) is 2. The molecule has 11 N–H and O–H groups in total. The molecule has 0 spiro atoms. The van der Waals surface area contributed by atoms with Crippen molar-refractivity contribution in [2.45, 2.75) is 68.5 Å². The molecule has 2 aromatic carbocycles. The number of aromatic hydroxyl groups is 1. The molecule has 3 aliphatic rings. The van der Waals surface area contributed by atoms with Crippen LogP contribution >= 0.6 is 0 Å². The van der Waals surface area contributed by atoms with Crippen LogP contribution in [0.2, 0.25) is 0 Å². The van der Waals surface area contributed by atoms with Crippen molar-refractivity contribution in [3.05, 3.63) is 52.6 Å². The maximum Gasteiger partial charge on any atom is 0.255 e. The Morgan fingerprint density at radius 2 is 1.57 bits per heavy atom. The molecule has 0 bridgehead atoms. The zero-order chi connectivity index (χ0) is 32.6. The molecule has 1 saturated carbocycles. The Morgan fingerprint density at radius 3 is 2.28 bits per heavy atom. The molecule has 6 atom stereocenters. The smallest absolute Gasteiger partial charge is 0.255 e. The Balaban J connectivity index is 1.13. The zero-order valence-corrected chi connectivity index (χ0v) is 25.8. The monoisotopic (exact) mass is 642 g/mol. The normalized spacial score (nSPS) is 24.7. The summed E-state index contributed by atoms with van der Waals surface area (Å²) in [4.78, 5) is 26.3. The molecule has 0 aromatic heterocycles. The summed E-state index contributed by atoms with van der Waals surface area (Å²) in [6, 6.07) is 6.37. The maximum atomic E-state index is 13.4. The first-order valence-electron chi connectivity index (χ1n) is 16.0. The quantitative estimate of drug-likeness (QED) is 0.0997. The van der Waals surface area contributed by atoms with Gasteiger partial charge in [0.2, 0.25) is 12.5 Å². The van der Waals surface area contributed by atoms with Crippen LogP contribution in [0.5, 0.6) is 17.2 Å². The first-order valence-corrected chi connectivity index (χ1v) is 16.0. The number of phenolic OH excluding ortho intramolecular Hbond substituents is 1. The van der Waals surface area contributed by atoms with E-state index in [1.807, 2.05) is 12.1 Å². The average molecular weight is 643 g/mol. The van der Waals surface area contributed by atoms with E-state index < -0.39 is 53.9 Å². The third-order valence-corrected chi connectivity index (χ3v) is 8.83. The fraction of sp³-hybridized carbons (Fsp3) is 0.562. The second-order valence-corrected chi connectivity index (χ2v) is 12.0. The van der Waals surface area contributed by atoms with Crippen molar-refractivity contribution in [2.24, 2.45) is 5.73 Å². The van der Waals surface area contributed by atoms with E-state index in [1.165, 1.54) is 6.07 Å². The highest BCUT2D eigenvalue weighted by molar-refractivity contribution is 6.02. The van der Waals surface area contributed by atoms with Gasteiger partial charge in [0.15, 0.2) is 11.5 Å². The number of unbranched alkanes of at least 4 members (excludes halogenated alkanes) is 1. The lowest BCUT2D eigenvalue weighted by molar-refractivity contribution is -0.117. The van der Waals surface area contributed by atoms with Gasteiger partial charge in [-0.3, -0.25) is 9.59 Å². The van der Waals surface area contributed by atoms with Crippen molar-refractivity contribution in [2.75, 3.05) is 46.1 Å². The third kappa shape index (κ3) is 7.55. The number of phenols is 1. The highest BCUT2D eigenvalue weighted by Crippen LogP contribution is 2.50. The van der Waals surface area contributed by atoms with E-state index in [0.29, 0.717) is 12.1 Å². The molecule has 1 aliphatic carbocycles. The molecule has 14 nitrogen and oxygen atoms in total. The topological polar surface area (TPSA) is 220 Å². The van der Waals surface area contributed by atoms with E-state index >= 15 is 0 Å². The summed E-state index contributed by atoms with van der Waals surface area (Å²) >= 11 is 0. The van der Waals surface area contributed by atoms with Gasteiger partial charge < -0.3 is 62.2 Å². The number of aliphatic hydroxyl groups excluding tert-OH is 3. The number of rotatable bonds is 16. The lowest BCUT2D eigenvalue weighted by Gasteiger charge is -2.49. The van der Waals surface area contributed by atoms with Crippen molar-refractivity contribution in [3.63, 3.8) is 0 Å². The number of nitrogens with one attached hydrogen (secondary N) is 5. The van der Waals surface area contributed by atoms with Gasteiger partial charge in [-0.25, -0.2) is 0 Å². The van der Waals surface area contributed by atoms with E-state index in [0.717, 1.165) is 70.5 Å². The lowest BCUT2D eigenvalue weighted by atomic mass is 9.68. The number of aliphatic hydroxyl groups is 3. The van der Waals surface area contributed by atoms with Gasteiger partial charge in [0.25, 0.3) is 11.8 Å². The number of hydrogen-bond acceptors (Lipinski definition) is 12. The molecule has 2 aromatic rings. The number of fused-ring (bicyclic) bond motifs is 4. The molecular formula is C32H46N6O8. The number of carbonyl (C=O) groups is 2. The van der Waals surface area contributed by atoms with Crippen LogP contribution in [-0.4, -0.2) is 109 Å². The first-order chi connectivity index (χ1) is 22.3. The van der Waals surface area contributed by atoms with E-state index in [-0.39, 0.29) is 29.4 Å². The maximum absolute atomic E-state index is 13.4. The van der Waals surface area contributed by atoms with E-state index in [9.17, 15) is 30.0 Å². The Labute approximate surface area is 268 Å².